The molecular weight excluding hydrogens is 385 g/mol. The number of halogens is 2. The second kappa shape index (κ2) is 8.54. The average Bonchev–Trinajstić information content (AvgIpc) is 2.62. The molecule has 1 heterocycles. The first kappa shape index (κ1) is 21.6. The van der Waals surface area contributed by atoms with Crippen molar-refractivity contribution in [2.24, 2.45) is 5.92 Å². The molecule has 0 radical (unpaired) electrons. The number of rotatable bonds is 4. The maximum absolute atomic E-state index is 13.2. The second-order valence-electron chi connectivity index (χ2n) is 6.80. The number of esters is 1. The molecule has 0 bridgehead atoms. The van der Waals surface area contributed by atoms with Crippen LogP contribution in [0.4, 0.5) is 4.39 Å². The Morgan fingerprint density at radius 3 is 2.39 bits per heavy atom. The number of benzene rings is 2. The van der Waals surface area contributed by atoms with Gasteiger partial charge in [-0.05, 0) is 36.8 Å². The summed E-state index contributed by atoms with van der Waals surface area (Å²) in [5.74, 6) is -0.0698. The first-order chi connectivity index (χ1) is 12.8. The fraction of sp³-hybridized carbons (Fsp3) is 0.238. The lowest BCUT2D eigenvalue weighted by molar-refractivity contribution is -0.417. The zero-order valence-corrected chi connectivity index (χ0v) is 16.5. The maximum atomic E-state index is 13.2. The Morgan fingerprint density at radius 2 is 1.79 bits per heavy atom. The quantitative estimate of drug-likeness (QED) is 0.492. The number of hydrogen-bond acceptors (Lipinski definition) is 4. The lowest BCUT2D eigenvalue weighted by Crippen LogP contribution is -3.00. The molecule has 148 valence electrons. The predicted molar refractivity (Wildman–Crippen MR) is 99.8 cm³/mol. The third-order valence-corrected chi connectivity index (χ3v) is 4.50. The van der Waals surface area contributed by atoms with Gasteiger partial charge in [0.2, 0.25) is 5.43 Å². The van der Waals surface area contributed by atoms with E-state index in [-0.39, 0.29) is 29.6 Å². The average molecular weight is 406 g/mol. The summed E-state index contributed by atoms with van der Waals surface area (Å²) < 4.78 is 24.3. The molecule has 7 heteroatoms. The predicted octanol–water partition coefficient (Wildman–Crippen LogP) is 0.0834. The lowest BCUT2D eigenvalue weighted by Gasteiger charge is -2.12. The minimum Gasteiger partial charge on any atom is -1.00 e. The van der Waals surface area contributed by atoms with Gasteiger partial charge in [0, 0.05) is 12.0 Å². The number of carbonyl (C=O) groups excluding carboxylic acids is 1. The third-order valence-electron chi connectivity index (χ3n) is 4.50. The molecule has 3 rings (SSSR count). The van der Waals surface area contributed by atoms with Gasteiger partial charge in [-0.1, -0.05) is 26.0 Å². The highest BCUT2D eigenvalue weighted by molar-refractivity contribution is 5.85. The SMILES string of the molecule is Cc1oc2cc(OC(=O)C([NH3+])C(C)C)ccc2c(=O)c1-c1ccc(F)cc1.[Cl-]. The molecule has 5 nitrogen and oxygen atoms in total. The van der Waals surface area contributed by atoms with E-state index in [2.05, 4.69) is 5.73 Å². The summed E-state index contributed by atoms with van der Waals surface area (Å²) in [5.41, 5.74) is 4.85. The monoisotopic (exact) mass is 405 g/mol. The van der Waals surface area contributed by atoms with Gasteiger partial charge in [-0.25, -0.2) is 9.18 Å². The molecule has 0 aliphatic carbocycles. The van der Waals surface area contributed by atoms with Crippen LogP contribution < -0.4 is 28.3 Å². The fourth-order valence-electron chi connectivity index (χ4n) is 2.76. The Morgan fingerprint density at radius 1 is 1.14 bits per heavy atom. The van der Waals surface area contributed by atoms with Crippen LogP contribution in [0.1, 0.15) is 19.6 Å². The van der Waals surface area contributed by atoms with E-state index in [0.29, 0.717) is 33.6 Å². The van der Waals surface area contributed by atoms with Crippen molar-refractivity contribution in [1.82, 2.24) is 0 Å². The summed E-state index contributed by atoms with van der Waals surface area (Å²) in [6.45, 7) is 5.44. The van der Waals surface area contributed by atoms with E-state index >= 15 is 0 Å². The van der Waals surface area contributed by atoms with Gasteiger partial charge in [0.05, 0.1) is 10.9 Å². The number of fused-ring (bicyclic) bond motifs is 1. The van der Waals surface area contributed by atoms with Crippen LogP contribution >= 0.6 is 0 Å². The van der Waals surface area contributed by atoms with Gasteiger partial charge in [0.25, 0.3) is 0 Å². The normalized spacial score (nSPS) is 11.9. The Bertz CT molecular complexity index is 1060. The highest BCUT2D eigenvalue weighted by Gasteiger charge is 2.24. The van der Waals surface area contributed by atoms with Crippen LogP contribution in [0.2, 0.25) is 0 Å². The van der Waals surface area contributed by atoms with Gasteiger partial charge in [0.15, 0.2) is 6.04 Å². The summed E-state index contributed by atoms with van der Waals surface area (Å²) in [6, 6.07) is 9.81. The Balaban J connectivity index is 0.00000280. The molecule has 3 N–H and O–H groups in total. The van der Waals surface area contributed by atoms with Crippen LogP contribution in [0.3, 0.4) is 0 Å². The molecule has 0 aliphatic rings. The van der Waals surface area contributed by atoms with Crippen molar-refractivity contribution in [3.63, 3.8) is 0 Å². The van der Waals surface area contributed by atoms with E-state index < -0.39 is 12.0 Å². The van der Waals surface area contributed by atoms with Gasteiger partial charge in [-0.15, -0.1) is 0 Å². The highest BCUT2D eigenvalue weighted by atomic mass is 35.5. The van der Waals surface area contributed by atoms with E-state index in [1.54, 1.807) is 19.1 Å². The van der Waals surface area contributed by atoms with Crippen molar-refractivity contribution < 1.29 is 36.5 Å². The smallest absolute Gasteiger partial charge is 0.370 e. The van der Waals surface area contributed by atoms with E-state index in [9.17, 15) is 14.0 Å². The van der Waals surface area contributed by atoms with Crippen molar-refractivity contribution in [2.75, 3.05) is 0 Å². The Kier molecular flexibility index (Phi) is 6.59. The molecular formula is C21H21ClFNO4. The summed E-state index contributed by atoms with van der Waals surface area (Å²) in [6.07, 6.45) is 0. The van der Waals surface area contributed by atoms with Crippen LogP contribution in [-0.4, -0.2) is 12.0 Å². The molecule has 28 heavy (non-hydrogen) atoms. The van der Waals surface area contributed by atoms with Crippen molar-refractivity contribution >= 4 is 16.9 Å². The van der Waals surface area contributed by atoms with Crippen LogP contribution in [0, 0.1) is 18.7 Å². The van der Waals surface area contributed by atoms with Crippen LogP contribution in [0.25, 0.3) is 22.1 Å². The van der Waals surface area contributed by atoms with Crippen LogP contribution in [-0.2, 0) is 4.79 Å². The lowest BCUT2D eigenvalue weighted by atomic mass is 10.0. The molecule has 0 fully saturated rings. The van der Waals surface area contributed by atoms with Crippen molar-refractivity contribution in [1.29, 1.82) is 0 Å². The minimum absolute atomic E-state index is 0. The molecule has 1 atom stereocenters. The number of ether oxygens (including phenoxy) is 1. The molecule has 0 spiro atoms. The van der Waals surface area contributed by atoms with Crippen molar-refractivity contribution in [2.45, 2.75) is 26.8 Å². The van der Waals surface area contributed by atoms with E-state index in [0.717, 1.165) is 0 Å². The third kappa shape index (κ3) is 4.24. The van der Waals surface area contributed by atoms with Crippen LogP contribution in [0.15, 0.2) is 51.7 Å². The zero-order valence-electron chi connectivity index (χ0n) is 15.8. The van der Waals surface area contributed by atoms with Gasteiger partial charge in [0.1, 0.15) is 22.9 Å². The largest absolute Gasteiger partial charge is 1.00 e. The fourth-order valence-corrected chi connectivity index (χ4v) is 2.76. The summed E-state index contributed by atoms with van der Waals surface area (Å²) >= 11 is 0. The summed E-state index contributed by atoms with van der Waals surface area (Å²) in [5, 5.41) is 0.356. The Hall–Kier alpha value is -2.70. The first-order valence-corrected chi connectivity index (χ1v) is 8.66. The molecule has 0 saturated carbocycles. The minimum atomic E-state index is -0.490. The molecule has 1 aromatic heterocycles. The van der Waals surface area contributed by atoms with Gasteiger partial charge in [-0.2, -0.15) is 0 Å². The summed E-state index contributed by atoms with van der Waals surface area (Å²) in [7, 11) is 0. The topological polar surface area (TPSA) is 84.2 Å². The molecule has 0 amide bonds. The molecule has 0 saturated heterocycles. The number of carbonyl (C=O) groups is 1. The molecule has 0 aliphatic heterocycles. The summed E-state index contributed by atoms with van der Waals surface area (Å²) in [4.78, 5) is 25.0. The highest BCUT2D eigenvalue weighted by Crippen LogP contribution is 2.26. The molecule has 3 aromatic rings. The first-order valence-electron chi connectivity index (χ1n) is 8.66. The molecule has 1 unspecified atom stereocenters. The molecule has 2 aromatic carbocycles. The standard InChI is InChI=1S/C21H20FNO4.ClH/c1-11(2)19(23)21(25)27-15-8-9-16-17(10-15)26-12(3)18(20(16)24)13-4-6-14(22)7-5-13;/h4-11,19H,23H2,1-3H3;1H. The number of quaternary nitrogens is 1. The van der Waals surface area contributed by atoms with E-state index in [1.165, 1.54) is 30.3 Å². The van der Waals surface area contributed by atoms with Crippen molar-refractivity contribution in [3.05, 3.63) is 64.3 Å². The van der Waals surface area contributed by atoms with E-state index in [1.807, 2.05) is 13.8 Å². The van der Waals surface area contributed by atoms with Crippen molar-refractivity contribution in [3.8, 4) is 16.9 Å². The Labute approximate surface area is 167 Å². The van der Waals surface area contributed by atoms with Gasteiger partial charge >= 0.3 is 5.97 Å². The van der Waals surface area contributed by atoms with Gasteiger partial charge in [-0.3, -0.25) is 4.79 Å². The van der Waals surface area contributed by atoms with Gasteiger partial charge < -0.3 is 27.3 Å². The zero-order chi connectivity index (χ0) is 19.7. The van der Waals surface area contributed by atoms with Crippen LogP contribution in [0.5, 0.6) is 5.75 Å². The second-order valence-corrected chi connectivity index (χ2v) is 6.80. The number of hydrogen-bond donors (Lipinski definition) is 1. The number of aryl methyl sites for hydroxylation is 1. The maximum Gasteiger partial charge on any atom is 0.370 e. The van der Waals surface area contributed by atoms with E-state index in [4.69, 9.17) is 9.15 Å².